The van der Waals surface area contributed by atoms with Gasteiger partial charge in [-0.25, -0.2) is 5.43 Å². The summed E-state index contributed by atoms with van der Waals surface area (Å²) in [5.74, 6) is 4.01. The Hall–Kier alpha value is -0.650. The van der Waals surface area contributed by atoms with Gasteiger partial charge in [-0.2, -0.15) is 0 Å². The summed E-state index contributed by atoms with van der Waals surface area (Å²) in [4.78, 5) is 10.3. The molecule has 0 rings (SSSR count). The number of carboxylic acids is 1. The molecule has 0 spiro atoms. The fourth-order valence-corrected chi connectivity index (χ4v) is 0.600. The van der Waals surface area contributed by atoms with Crippen molar-refractivity contribution in [3.63, 3.8) is 0 Å². The maximum atomic E-state index is 10.3. The molecule has 0 saturated carbocycles. The Bertz CT molecular complexity index is 107. The second-order valence-electron chi connectivity index (χ2n) is 1.99. The van der Waals surface area contributed by atoms with Crippen molar-refractivity contribution in [2.45, 2.75) is 18.9 Å². The second kappa shape index (κ2) is 5.16. The van der Waals surface area contributed by atoms with Crippen LogP contribution in [0.15, 0.2) is 0 Å². The minimum atomic E-state index is -0.934. The van der Waals surface area contributed by atoms with Gasteiger partial charge in [-0.1, -0.05) is 0 Å². The highest BCUT2D eigenvalue weighted by Gasteiger charge is 2.13. The van der Waals surface area contributed by atoms with Crippen molar-refractivity contribution in [3.8, 4) is 0 Å². The Morgan fingerprint density at radius 3 is 2.60 bits per heavy atom. The summed E-state index contributed by atoms with van der Waals surface area (Å²) in [6, 6.07) is -0.663. The van der Waals surface area contributed by atoms with E-state index in [-0.39, 0.29) is 0 Å². The van der Waals surface area contributed by atoms with Gasteiger partial charge in [-0.05, 0) is 19.4 Å². The molecule has 0 aromatic heterocycles. The van der Waals surface area contributed by atoms with Gasteiger partial charge in [0.2, 0.25) is 0 Å². The number of hydrogen-bond acceptors (Lipinski definition) is 4. The van der Waals surface area contributed by atoms with E-state index in [0.29, 0.717) is 19.4 Å². The summed E-state index contributed by atoms with van der Waals surface area (Å²) in [5.41, 5.74) is 7.35. The Morgan fingerprint density at radius 1 is 1.70 bits per heavy atom. The molecule has 0 radical (unpaired) electrons. The molecule has 0 aromatic carbocycles. The molecule has 0 aliphatic rings. The molecule has 1 atom stereocenters. The summed E-state index contributed by atoms with van der Waals surface area (Å²) in [7, 11) is 0. The molecular weight excluding hydrogens is 134 g/mol. The van der Waals surface area contributed by atoms with E-state index in [1.807, 2.05) is 0 Å². The van der Waals surface area contributed by atoms with Gasteiger partial charge >= 0.3 is 5.97 Å². The number of hydrazine groups is 1. The first-order valence-corrected chi connectivity index (χ1v) is 3.11. The third-order valence-electron chi connectivity index (χ3n) is 1.20. The minimum Gasteiger partial charge on any atom is -0.480 e. The number of aliphatic carboxylic acids is 1. The van der Waals surface area contributed by atoms with Crippen LogP contribution in [0.2, 0.25) is 0 Å². The highest BCUT2D eigenvalue weighted by Crippen LogP contribution is 1.93. The molecule has 0 aromatic rings. The summed E-state index contributed by atoms with van der Waals surface area (Å²) < 4.78 is 0. The number of nitrogens with two attached hydrogens (primary N) is 2. The van der Waals surface area contributed by atoms with Gasteiger partial charge in [-0.3, -0.25) is 10.6 Å². The fourth-order valence-electron chi connectivity index (χ4n) is 0.600. The zero-order valence-electron chi connectivity index (χ0n) is 5.71. The molecule has 0 aliphatic carbocycles. The third-order valence-corrected chi connectivity index (χ3v) is 1.20. The number of hydrogen-bond donors (Lipinski definition) is 4. The van der Waals surface area contributed by atoms with E-state index in [0.717, 1.165) is 0 Å². The highest BCUT2D eigenvalue weighted by molar-refractivity contribution is 5.73. The molecule has 5 heteroatoms. The second-order valence-corrected chi connectivity index (χ2v) is 1.99. The lowest BCUT2D eigenvalue weighted by Gasteiger charge is -2.08. The van der Waals surface area contributed by atoms with E-state index in [2.05, 4.69) is 5.43 Å². The summed E-state index contributed by atoms with van der Waals surface area (Å²) in [6.07, 6.45) is 1.14. The van der Waals surface area contributed by atoms with Crippen LogP contribution in [0, 0.1) is 0 Å². The maximum Gasteiger partial charge on any atom is 0.322 e. The van der Waals surface area contributed by atoms with E-state index in [1.165, 1.54) is 0 Å². The molecule has 10 heavy (non-hydrogen) atoms. The van der Waals surface area contributed by atoms with Crippen molar-refractivity contribution in [1.82, 2.24) is 5.43 Å². The van der Waals surface area contributed by atoms with Crippen LogP contribution in [0.4, 0.5) is 0 Å². The first-order valence-electron chi connectivity index (χ1n) is 3.11. The molecule has 6 N–H and O–H groups in total. The van der Waals surface area contributed by atoms with Crippen molar-refractivity contribution in [3.05, 3.63) is 0 Å². The van der Waals surface area contributed by atoms with Crippen LogP contribution in [0.1, 0.15) is 12.8 Å². The lowest BCUT2D eigenvalue weighted by molar-refractivity contribution is -0.139. The van der Waals surface area contributed by atoms with Gasteiger partial charge in [0.05, 0.1) is 0 Å². The van der Waals surface area contributed by atoms with Gasteiger partial charge in [0.1, 0.15) is 6.04 Å². The maximum absolute atomic E-state index is 10.3. The Kier molecular flexibility index (Phi) is 4.82. The molecule has 0 aliphatic heterocycles. The van der Waals surface area contributed by atoms with Gasteiger partial charge in [-0.15, -0.1) is 0 Å². The number of carboxylic acid groups (broad SMARTS) is 1. The molecule has 0 unspecified atom stereocenters. The van der Waals surface area contributed by atoms with E-state index in [4.69, 9.17) is 16.7 Å². The van der Waals surface area contributed by atoms with Gasteiger partial charge in [0.15, 0.2) is 0 Å². The van der Waals surface area contributed by atoms with Crippen LogP contribution in [0.25, 0.3) is 0 Å². The smallest absolute Gasteiger partial charge is 0.322 e. The van der Waals surface area contributed by atoms with E-state index in [1.54, 1.807) is 0 Å². The van der Waals surface area contributed by atoms with Gasteiger partial charge in [0.25, 0.3) is 0 Å². The van der Waals surface area contributed by atoms with Crippen LogP contribution in [0.5, 0.6) is 0 Å². The van der Waals surface area contributed by atoms with Crippen molar-refractivity contribution in [2.75, 3.05) is 6.54 Å². The summed E-state index contributed by atoms with van der Waals surface area (Å²) in [6.45, 7) is 0.492. The van der Waals surface area contributed by atoms with Crippen molar-refractivity contribution >= 4 is 5.97 Å². The average molecular weight is 147 g/mol. The minimum absolute atomic E-state index is 0.475. The van der Waals surface area contributed by atoms with Crippen LogP contribution in [-0.2, 0) is 4.79 Å². The van der Waals surface area contributed by atoms with Crippen LogP contribution < -0.4 is 17.0 Å². The van der Waals surface area contributed by atoms with Crippen LogP contribution in [0.3, 0.4) is 0 Å². The Balaban J connectivity index is 3.50. The number of carbonyl (C=O) groups is 1. The monoisotopic (exact) mass is 147 g/mol. The lowest BCUT2D eigenvalue weighted by atomic mass is 10.2. The van der Waals surface area contributed by atoms with Crippen molar-refractivity contribution in [1.29, 1.82) is 0 Å². The largest absolute Gasteiger partial charge is 0.480 e. The SMILES string of the molecule is NCCC[C@@H](NN)C(=O)O. The van der Waals surface area contributed by atoms with E-state index >= 15 is 0 Å². The Morgan fingerprint density at radius 2 is 2.30 bits per heavy atom. The van der Waals surface area contributed by atoms with Gasteiger partial charge < -0.3 is 10.8 Å². The molecule has 0 heterocycles. The molecule has 60 valence electrons. The normalized spacial score (nSPS) is 13.0. The lowest BCUT2D eigenvalue weighted by Crippen LogP contribution is -2.41. The fraction of sp³-hybridized carbons (Fsp3) is 0.800. The topological polar surface area (TPSA) is 101 Å². The first kappa shape index (κ1) is 9.35. The van der Waals surface area contributed by atoms with E-state index < -0.39 is 12.0 Å². The summed E-state index contributed by atoms with van der Waals surface area (Å²) in [5, 5.41) is 8.42. The zero-order valence-corrected chi connectivity index (χ0v) is 5.71. The molecular formula is C5H13N3O2. The molecule has 5 nitrogen and oxygen atoms in total. The number of rotatable bonds is 5. The molecule has 0 bridgehead atoms. The van der Waals surface area contributed by atoms with E-state index in [9.17, 15) is 4.79 Å². The molecule has 0 saturated heterocycles. The van der Waals surface area contributed by atoms with Gasteiger partial charge in [0, 0.05) is 0 Å². The highest BCUT2D eigenvalue weighted by atomic mass is 16.4. The number of nitrogens with one attached hydrogen (secondary N) is 1. The van der Waals surface area contributed by atoms with Crippen LogP contribution >= 0.6 is 0 Å². The average Bonchev–Trinajstić information content (AvgIpc) is 1.89. The van der Waals surface area contributed by atoms with Crippen LogP contribution in [-0.4, -0.2) is 23.7 Å². The first-order chi connectivity index (χ1) is 4.72. The van der Waals surface area contributed by atoms with Crippen molar-refractivity contribution < 1.29 is 9.90 Å². The molecule has 0 fully saturated rings. The zero-order chi connectivity index (χ0) is 7.98. The predicted octanol–water partition coefficient (Wildman–Crippen LogP) is -1.36. The van der Waals surface area contributed by atoms with Crippen molar-refractivity contribution in [2.24, 2.45) is 11.6 Å². The third kappa shape index (κ3) is 3.39. The quantitative estimate of drug-likeness (QED) is 0.284. The summed E-state index contributed by atoms with van der Waals surface area (Å²) >= 11 is 0. The molecule has 0 amide bonds. The Labute approximate surface area is 59.4 Å². The standard InChI is InChI=1S/C5H13N3O2/c6-3-1-2-4(8-7)5(9)10/h4,8H,1-3,6-7H2,(H,9,10)/t4-/m1/s1. The predicted molar refractivity (Wildman–Crippen MR) is 37.0 cm³/mol.